The Morgan fingerprint density at radius 2 is 1.83 bits per heavy atom. The maximum absolute atomic E-state index is 12.2. The highest BCUT2D eigenvalue weighted by Gasteiger charge is 2.23. The van der Waals surface area contributed by atoms with Gasteiger partial charge in [0.1, 0.15) is 6.04 Å². The van der Waals surface area contributed by atoms with Crippen molar-refractivity contribution in [2.45, 2.75) is 31.7 Å². The molecule has 1 fully saturated rings. The first-order valence-corrected chi connectivity index (χ1v) is 8.79. The Bertz CT molecular complexity index is 673. The van der Waals surface area contributed by atoms with E-state index >= 15 is 0 Å². The van der Waals surface area contributed by atoms with Gasteiger partial charge in [0.2, 0.25) is 11.8 Å². The second kappa shape index (κ2) is 7.42. The zero-order valence-corrected chi connectivity index (χ0v) is 13.6. The fourth-order valence-corrected chi connectivity index (χ4v) is 2.77. The lowest BCUT2D eigenvalue weighted by Crippen LogP contribution is -2.42. The Labute approximate surface area is 135 Å². The van der Waals surface area contributed by atoms with Gasteiger partial charge in [0.05, 0.1) is 0 Å². The van der Waals surface area contributed by atoms with Crippen LogP contribution >= 0.6 is 0 Å². The summed E-state index contributed by atoms with van der Waals surface area (Å²) < 4.78 is 27.2. The van der Waals surface area contributed by atoms with Gasteiger partial charge < -0.3 is 10.6 Å². The monoisotopic (exact) mass is 340 g/mol. The van der Waals surface area contributed by atoms with Gasteiger partial charge in [-0.25, -0.2) is 4.72 Å². The van der Waals surface area contributed by atoms with Crippen molar-refractivity contribution in [3.8, 4) is 0 Å². The summed E-state index contributed by atoms with van der Waals surface area (Å²) in [7, 11) is -2.27. The van der Waals surface area contributed by atoms with Crippen molar-refractivity contribution >= 4 is 33.4 Å². The van der Waals surface area contributed by atoms with Crippen LogP contribution in [-0.2, 0) is 19.8 Å². The van der Waals surface area contributed by atoms with Crippen molar-refractivity contribution < 1.29 is 18.0 Å². The molecule has 9 heteroatoms. The fourth-order valence-electron chi connectivity index (χ4n) is 2.23. The molecule has 1 aromatic carbocycles. The number of rotatable bonds is 5. The molecular formula is C14H20N4O4S. The molecule has 8 nitrogen and oxygen atoms in total. The van der Waals surface area contributed by atoms with Crippen LogP contribution in [-0.4, -0.2) is 33.3 Å². The van der Waals surface area contributed by atoms with Crippen LogP contribution in [0.3, 0.4) is 0 Å². The Morgan fingerprint density at radius 1 is 1.17 bits per heavy atom. The van der Waals surface area contributed by atoms with Crippen LogP contribution in [0, 0.1) is 0 Å². The number of anilines is 2. The molecule has 0 spiro atoms. The Balaban J connectivity index is 1.97. The lowest BCUT2D eigenvalue weighted by molar-refractivity contribution is -0.125. The molecule has 1 unspecified atom stereocenters. The highest BCUT2D eigenvalue weighted by Crippen LogP contribution is 2.16. The second-order valence-corrected chi connectivity index (χ2v) is 6.86. The van der Waals surface area contributed by atoms with Gasteiger partial charge in [-0.1, -0.05) is 6.42 Å². The molecule has 1 atom stereocenters. The number of nitrogens with one attached hydrogen (secondary N) is 4. The summed E-state index contributed by atoms with van der Waals surface area (Å²) in [4.78, 5) is 23.7. The topological polar surface area (TPSA) is 116 Å². The lowest BCUT2D eigenvalue weighted by Gasteiger charge is -2.16. The molecule has 1 aromatic rings. The van der Waals surface area contributed by atoms with Crippen LogP contribution in [0.25, 0.3) is 0 Å². The molecule has 2 rings (SSSR count). The average Bonchev–Trinajstić information content (AvgIpc) is 2.73. The molecule has 0 bridgehead atoms. The van der Waals surface area contributed by atoms with Crippen molar-refractivity contribution in [1.82, 2.24) is 10.0 Å². The van der Waals surface area contributed by atoms with Gasteiger partial charge in [-0.3, -0.25) is 14.3 Å². The minimum Gasteiger partial charge on any atom is -0.344 e. The van der Waals surface area contributed by atoms with E-state index in [1.165, 1.54) is 19.2 Å². The SMILES string of the molecule is CNS(=O)(=O)Nc1ccc(NC(=O)C2CCCCC(=O)N2)cc1. The van der Waals surface area contributed by atoms with E-state index in [-0.39, 0.29) is 11.8 Å². The summed E-state index contributed by atoms with van der Waals surface area (Å²) in [6.45, 7) is 0. The van der Waals surface area contributed by atoms with Gasteiger partial charge in [-0.15, -0.1) is 0 Å². The molecule has 0 aliphatic carbocycles. The number of amides is 2. The molecule has 0 aromatic heterocycles. The summed E-state index contributed by atoms with van der Waals surface area (Å²) in [5, 5.41) is 5.42. The van der Waals surface area contributed by atoms with E-state index in [1.54, 1.807) is 12.1 Å². The predicted molar refractivity (Wildman–Crippen MR) is 87.1 cm³/mol. The van der Waals surface area contributed by atoms with Crippen LogP contribution in [0.4, 0.5) is 11.4 Å². The normalized spacial score (nSPS) is 18.7. The first-order chi connectivity index (χ1) is 10.9. The van der Waals surface area contributed by atoms with Crippen LogP contribution in [0.2, 0.25) is 0 Å². The smallest absolute Gasteiger partial charge is 0.298 e. The maximum Gasteiger partial charge on any atom is 0.298 e. The zero-order valence-electron chi connectivity index (χ0n) is 12.8. The molecule has 0 radical (unpaired) electrons. The molecule has 1 saturated heterocycles. The van der Waals surface area contributed by atoms with Crippen molar-refractivity contribution in [2.24, 2.45) is 0 Å². The minimum absolute atomic E-state index is 0.112. The van der Waals surface area contributed by atoms with Crippen molar-refractivity contribution in [3.63, 3.8) is 0 Å². The average molecular weight is 340 g/mol. The Kier molecular flexibility index (Phi) is 5.56. The second-order valence-electron chi connectivity index (χ2n) is 5.24. The molecular weight excluding hydrogens is 320 g/mol. The fraction of sp³-hybridized carbons (Fsp3) is 0.429. The van der Waals surface area contributed by atoms with Gasteiger partial charge in [0, 0.05) is 24.8 Å². The zero-order chi connectivity index (χ0) is 16.9. The molecule has 0 saturated carbocycles. The minimum atomic E-state index is -3.57. The lowest BCUT2D eigenvalue weighted by atomic mass is 10.1. The van der Waals surface area contributed by atoms with Gasteiger partial charge in [-0.2, -0.15) is 8.42 Å². The standard InChI is InChI=1S/C14H20N4O4S/c1-15-23(21,22)18-11-8-6-10(7-9-11)16-14(20)12-4-2-3-5-13(19)17-12/h6-9,12,15,18H,2-5H2,1H3,(H,16,20)(H,17,19). The number of benzene rings is 1. The predicted octanol–water partition coefficient (Wildman–Crippen LogP) is 0.560. The van der Waals surface area contributed by atoms with E-state index in [2.05, 4.69) is 20.1 Å². The third kappa shape index (κ3) is 5.22. The van der Waals surface area contributed by atoms with Crippen molar-refractivity contribution in [2.75, 3.05) is 17.1 Å². The number of hydrogen-bond acceptors (Lipinski definition) is 4. The molecule has 1 aliphatic heterocycles. The highest BCUT2D eigenvalue weighted by molar-refractivity contribution is 7.90. The van der Waals surface area contributed by atoms with Crippen molar-refractivity contribution in [1.29, 1.82) is 0 Å². The van der Waals surface area contributed by atoms with Crippen LogP contribution in [0.5, 0.6) is 0 Å². The van der Waals surface area contributed by atoms with Gasteiger partial charge in [0.25, 0.3) is 10.2 Å². The summed E-state index contributed by atoms with van der Waals surface area (Å²) in [6.07, 6.45) is 2.67. The quantitative estimate of drug-likeness (QED) is 0.626. The van der Waals surface area contributed by atoms with Crippen LogP contribution < -0.4 is 20.1 Å². The third-order valence-corrected chi connectivity index (χ3v) is 4.51. The first kappa shape index (κ1) is 17.2. The molecule has 126 valence electrons. The van der Waals surface area contributed by atoms with E-state index in [0.29, 0.717) is 24.2 Å². The van der Waals surface area contributed by atoms with E-state index in [4.69, 9.17) is 0 Å². The van der Waals surface area contributed by atoms with Crippen LogP contribution in [0.15, 0.2) is 24.3 Å². The van der Waals surface area contributed by atoms with E-state index < -0.39 is 16.3 Å². The van der Waals surface area contributed by atoms with E-state index in [9.17, 15) is 18.0 Å². The van der Waals surface area contributed by atoms with Crippen molar-refractivity contribution in [3.05, 3.63) is 24.3 Å². The van der Waals surface area contributed by atoms with Gasteiger partial charge in [0.15, 0.2) is 0 Å². The molecule has 1 heterocycles. The summed E-state index contributed by atoms with van der Waals surface area (Å²) in [5.74, 6) is -0.386. The van der Waals surface area contributed by atoms with Crippen LogP contribution in [0.1, 0.15) is 25.7 Å². The highest BCUT2D eigenvalue weighted by atomic mass is 32.2. The largest absolute Gasteiger partial charge is 0.344 e. The number of hydrogen-bond donors (Lipinski definition) is 4. The third-order valence-electron chi connectivity index (χ3n) is 3.47. The molecule has 1 aliphatic rings. The van der Waals surface area contributed by atoms with Gasteiger partial charge >= 0.3 is 0 Å². The molecule has 2 amide bonds. The molecule has 23 heavy (non-hydrogen) atoms. The summed E-state index contributed by atoms with van der Waals surface area (Å²) >= 11 is 0. The summed E-state index contributed by atoms with van der Waals surface area (Å²) in [5.41, 5.74) is 0.904. The number of carbonyl (C=O) groups excluding carboxylic acids is 2. The number of carbonyl (C=O) groups is 2. The Morgan fingerprint density at radius 3 is 2.48 bits per heavy atom. The van der Waals surface area contributed by atoms with E-state index in [1.807, 2.05) is 0 Å². The Hall–Kier alpha value is -2.13. The first-order valence-electron chi connectivity index (χ1n) is 7.31. The molecule has 4 N–H and O–H groups in total. The van der Waals surface area contributed by atoms with E-state index in [0.717, 1.165) is 12.8 Å². The maximum atomic E-state index is 12.2. The summed E-state index contributed by atoms with van der Waals surface area (Å²) in [6, 6.07) is 5.72. The van der Waals surface area contributed by atoms with Gasteiger partial charge in [-0.05, 0) is 37.1 Å².